The van der Waals surface area contributed by atoms with Crippen LogP contribution in [0.2, 0.25) is 5.02 Å². The van der Waals surface area contributed by atoms with Crippen molar-refractivity contribution in [1.82, 2.24) is 15.5 Å². The van der Waals surface area contributed by atoms with Crippen LogP contribution in [-0.2, 0) is 11.3 Å². The molecule has 214 valence electrons. The van der Waals surface area contributed by atoms with Gasteiger partial charge in [-0.25, -0.2) is 9.18 Å². The van der Waals surface area contributed by atoms with Crippen molar-refractivity contribution in [3.8, 4) is 0 Å². The molecule has 4 N–H and O–H groups in total. The Bertz CT molecular complexity index is 1130. The summed E-state index contributed by atoms with van der Waals surface area (Å²) >= 11 is 5.97. The number of carboxylic acid groups (broad SMARTS) is 1. The number of β-amino-alcohol motifs (C(OH)–C–C–N with tert-alkyl or cyclic N) is 1. The topological polar surface area (TPSA) is 105 Å². The number of benzene rings is 2. The van der Waals surface area contributed by atoms with Gasteiger partial charge >= 0.3 is 12.1 Å². The first-order valence-corrected chi connectivity index (χ1v) is 12.7. The van der Waals surface area contributed by atoms with E-state index in [1.54, 1.807) is 7.05 Å². The molecule has 2 heterocycles. The Morgan fingerprint density at radius 2 is 1.69 bits per heavy atom. The van der Waals surface area contributed by atoms with Gasteiger partial charge in [-0.2, -0.15) is 13.2 Å². The molecule has 4 rings (SSSR count). The molecule has 0 bridgehead atoms. The Labute approximate surface area is 228 Å². The van der Waals surface area contributed by atoms with Crippen LogP contribution in [0.5, 0.6) is 0 Å². The SMILES string of the molecule is CNC(=O)c1ccc(F)cc1N1CC(NC2CCN(Cc3ccc(Cl)cc3)CC2)[C@H](O)C1.O=C(O)C(F)(F)F. The third-order valence-electron chi connectivity index (χ3n) is 6.66. The lowest BCUT2D eigenvalue weighted by Gasteiger charge is -2.34. The molecule has 2 aliphatic heterocycles. The fraction of sp³-hybridized carbons (Fsp3) is 0.462. The Kier molecular flexibility index (Phi) is 10.5. The summed E-state index contributed by atoms with van der Waals surface area (Å²) in [5.74, 6) is -3.42. The molecule has 0 aliphatic carbocycles. The molecule has 0 aromatic heterocycles. The molecule has 0 saturated carbocycles. The highest BCUT2D eigenvalue weighted by Crippen LogP contribution is 2.27. The normalized spacial score (nSPS) is 20.3. The van der Waals surface area contributed by atoms with E-state index in [9.17, 15) is 27.5 Å². The van der Waals surface area contributed by atoms with E-state index >= 15 is 0 Å². The molecule has 2 saturated heterocycles. The van der Waals surface area contributed by atoms with Gasteiger partial charge < -0.3 is 25.7 Å². The quantitative estimate of drug-likeness (QED) is 0.393. The number of rotatable bonds is 6. The van der Waals surface area contributed by atoms with Gasteiger partial charge in [-0.1, -0.05) is 23.7 Å². The van der Waals surface area contributed by atoms with Gasteiger partial charge in [0.15, 0.2) is 0 Å². The lowest BCUT2D eigenvalue weighted by molar-refractivity contribution is -0.192. The van der Waals surface area contributed by atoms with Crippen LogP contribution in [0.25, 0.3) is 0 Å². The van der Waals surface area contributed by atoms with E-state index in [1.165, 1.54) is 23.8 Å². The second kappa shape index (κ2) is 13.4. The van der Waals surface area contributed by atoms with Gasteiger partial charge in [0.2, 0.25) is 0 Å². The van der Waals surface area contributed by atoms with Crippen LogP contribution in [0.15, 0.2) is 42.5 Å². The van der Waals surface area contributed by atoms with Gasteiger partial charge in [-0.15, -0.1) is 0 Å². The summed E-state index contributed by atoms with van der Waals surface area (Å²) in [5, 5.41) is 24.7. The number of aliphatic hydroxyl groups is 1. The Hall–Kier alpha value is -2.93. The van der Waals surface area contributed by atoms with Crippen molar-refractivity contribution in [2.24, 2.45) is 0 Å². The molecule has 1 amide bonds. The average Bonchev–Trinajstić information content (AvgIpc) is 3.25. The van der Waals surface area contributed by atoms with Gasteiger partial charge in [0.05, 0.1) is 23.4 Å². The van der Waals surface area contributed by atoms with Crippen molar-refractivity contribution in [3.05, 3.63) is 64.4 Å². The van der Waals surface area contributed by atoms with Crippen LogP contribution in [-0.4, -0.2) is 84.6 Å². The summed E-state index contributed by atoms with van der Waals surface area (Å²) in [7, 11) is 1.55. The summed E-state index contributed by atoms with van der Waals surface area (Å²) < 4.78 is 45.6. The number of aliphatic hydroxyl groups excluding tert-OH is 1. The maximum atomic E-state index is 13.9. The van der Waals surface area contributed by atoms with Gasteiger partial charge in [0.1, 0.15) is 5.82 Å². The van der Waals surface area contributed by atoms with Crippen LogP contribution in [0.4, 0.5) is 23.2 Å². The number of hydrogen-bond acceptors (Lipinski definition) is 6. The summed E-state index contributed by atoms with van der Waals surface area (Å²) in [6.07, 6.45) is -3.66. The molecular formula is C26H31ClF4N4O4. The third kappa shape index (κ3) is 8.79. The Balaban J connectivity index is 0.000000532. The lowest BCUT2D eigenvalue weighted by Crippen LogP contribution is -2.49. The van der Waals surface area contributed by atoms with E-state index in [0.717, 1.165) is 37.5 Å². The van der Waals surface area contributed by atoms with Crippen LogP contribution in [0.1, 0.15) is 28.8 Å². The zero-order chi connectivity index (χ0) is 28.7. The van der Waals surface area contributed by atoms with Crippen LogP contribution < -0.4 is 15.5 Å². The van der Waals surface area contributed by atoms with Crippen LogP contribution in [0, 0.1) is 5.82 Å². The molecule has 0 radical (unpaired) electrons. The van der Waals surface area contributed by atoms with Crippen molar-refractivity contribution < 1.29 is 37.4 Å². The van der Waals surface area contributed by atoms with Crippen molar-refractivity contribution in [2.75, 3.05) is 38.1 Å². The minimum atomic E-state index is -5.08. The van der Waals surface area contributed by atoms with E-state index < -0.39 is 24.1 Å². The molecule has 2 fully saturated rings. The number of nitrogens with one attached hydrogen (secondary N) is 2. The number of halogens is 5. The molecular weight excluding hydrogens is 544 g/mol. The highest BCUT2D eigenvalue weighted by atomic mass is 35.5. The van der Waals surface area contributed by atoms with E-state index in [4.69, 9.17) is 21.5 Å². The Morgan fingerprint density at radius 3 is 2.26 bits per heavy atom. The van der Waals surface area contributed by atoms with Crippen molar-refractivity contribution in [3.63, 3.8) is 0 Å². The predicted octanol–water partition coefficient (Wildman–Crippen LogP) is 3.28. The highest BCUT2D eigenvalue weighted by molar-refractivity contribution is 6.30. The summed E-state index contributed by atoms with van der Waals surface area (Å²) in [4.78, 5) is 25.4. The number of hydrogen-bond donors (Lipinski definition) is 4. The highest BCUT2D eigenvalue weighted by Gasteiger charge is 2.38. The van der Waals surface area contributed by atoms with Crippen molar-refractivity contribution >= 4 is 29.2 Å². The Morgan fingerprint density at radius 1 is 1.08 bits per heavy atom. The minimum absolute atomic E-state index is 0.122. The first-order chi connectivity index (χ1) is 18.4. The standard InChI is InChI=1S/C24H30ClFN4O2.C2HF3O2/c1-27-24(32)20-7-6-18(26)12-22(20)30-14-21(23(31)15-30)28-19-8-10-29(11-9-19)13-16-2-4-17(25)5-3-16;3-2(4,5)1(6)7/h2-7,12,19,21,23,28,31H,8-11,13-15H2,1H3,(H,27,32);(H,6,7)/t21?,23-;/m1./s1. The largest absolute Gasteiger partial charge is 0.490 e. The molecule has 2 aromatic carbocycles. The summed E-state index contributed by atoms with van der Waals surface area (Å²) in [6, 6.07) is 12.3. The number of nitrogens with zero attached hydrogens (tertiary/aromatic N) is 2. The molecule has 2 aromatic rings. The van der Waals surface area contributed by atoms with Crippen LogP contribution in [0.3, 0.4) is 0 Å². The number of piperidine rings is 1. The fourth-order valence-electron chi connectivity index (χ4n) is 4.65. The molecule has 8 nitrogen and oxygen atoms in total. The van der Waals surface area contributed by atoms with Gasteiger partial charge in [0, 0.05) is 37.7 Å². The number of likely N-dealkylation sites (tertiary alicyclic amines) is 1. The molecule has 13 heteroatoms. The zero-order valence-corrected chi connectivity index (χ0v) is 22.0. The molecule has 2 atom stereocenters. The minimum Gasteiger partial charge on any atom is -0.475 e. The van der Waals surface area contributed by atoms with E-state index in [2.05, 4.69) is 27.7 Å². The molecule has 0 spiro atoms. The second-order valence-corrected chi connectivity index (χ2v) is 9.90. The maximum absolute atomic E-state index is 13.9. The van der Waals surface area contributed by atoms with Crippen LogP contribution >= 0.6 is 11.6 Å². The number of carboxylic acids is 1. The summed E-state index contributed by atoms with van der Waals surface area (Å²) in [6.45, 7) is 3.76. The predicted molar refractivity (Wildman–Crippen MR) is 138 cm³/mol. The third-order valence-corrected chi connectivity index (χ3v) is 6.91. The number of aliphatic carboxylic acids is 1. The number of carbonyl (C=O) groups is 2. The first kappa shape index (κ1) is 30.6. The van der Waals surface area contributed by atoms with Gasteiger partial charge in [0.25, 0.3) is 5.91 Å². The van der Waals surface area contributed by atoms with E-state index in [0.29, 0.717) is 30.4 Å². The monoisotopic (exact) mass is 574 g/mol. The van der Waals surface area contributed by atoms with Crippen molar-refractivity contribution in [2.45, 2.75) is 43.8 Å². The second-order valence-electron chi connectivity index (χ2n) is 9.47. The number of anilines is 1. The number of amides is 1. The first-order valence-electron chi connectivity index (χ1n) is 12.3. The number of carbonyl (C=O) groups excluding carboxylic acids is 1. The van der Waals surface area contributed by atoms with Crippen molar-refractivity contribution in [1.29, 1.82) is 0 Å². The molecule has 39 heavy (non-hydrogen) atoms. The average molecular weight is 575 g/mol. The smallest absolute Gasteiger partial charge is 0.475 e. The maximum Gasteiger partial charge on any atom is 0.490 e. The zero-order valence-electron chi connectivity index (χ0n) is 21.2. The molecule has 2 aliphatic rings. The number of alkyl halides is 3. The van der Waals surface area contributed by atoms with E-state index in [-0.39, 0.29) is 11.9 Å². The van der Waals surface area contributed by atoms with Gasteiger partial charge in [-0.3, -0.25) is 9.69 Å². The van der Waals surface area contributed by atoms with E-state index in [1.807, 2.05) is 17.0 Å². The molecule has 1 unspecified atom stereocenters. The van der Waals surface area contributed by atoms with Gasteiger partial charge in [-0.05, 0) is 61.8 Å². The summed E-state index contributed by atoms with van der Waals surface area (Å²) in [5.41, 5.74) is 2.19. The fourth-order valence-corrected chi connectivity index (χ4v) is 4.77. The lowest BCUT2D eigenvalue weighted by atomic mass is 10.0.